The van der Waals surface area contributed by atoms with Crippen molar-refractivity contribution in [3.63, 3.8) is 0 Å². The molecule has 0 aliphatic carbocycles. The highest BCUT2D eigenvalue weighted by molar-refractivity contribution is 7.79. The Morgan fingerprint density at radius 2 is 2.15 bits per heavy atom. The van der Waals surface area contributed by atoms with Gasteiger partial charge >= 0.3 is 5.97 Å². The van der Waals surface area contributed by atoms with E-state index in [9.17, 15) is 9.00 Å². The zero-order chi connectivity index (χ0) is 15.2. The van der Waals surface area contributed by atoms with Crippen molar-refractivity contribution in [2.45, 2.75) is 44.1 Å². The van der Waals surface area contributed by atoms with Crippen molar-refractivity contribution in [3.8, 4) is 11.8 Å². The Morgan fingerprint density at radius 3 is 2.75 bits per heavy atom. The highest BCUT2D eigenvalue weighted by Crippen LogP contribution is 2.09. The summed E-state index contributed by atoms with van der Waals surface area (Å²) >= 11 is -2.07. The highest BCUT2D eigenvalue weighted by Gasteiger charge is 2.15. The van der Waals surface area contributed by atoms with E-state index in [0.29, 0.717) is 12.0 Å². The fourth-order valence-corrected chi connectivity index (χ4v) is 1.68. The van der Waals surface area contributed by atoms with Gasteiger partial charge in [0.1, 0.15) is 5.60 Å². The van der Waals surface area contributed by atoms with E-state index in [2.05, 4.69) is 16.8 Å². The van der Waals surface area contributed by atoms with Crippen LogP contribution in [0, 0.1) is 11.8 Å². The smallest absolute Gasteiger partial charge is 0.307 e. The van der Waals surface area contributed by atoms with Gasteiger partial charge in [-0.3, -0.25) is 9.78 Å². The summed E-state index contributed by atoms with van der Waals surface area (Å²) in [6.45, 7) is 5.42. The Labute approximate surface area is 121 Å². The van der Waals surface area contributed by atoms with Crippen molar-refractivity contribution in [1.29, 1.82) is 0 Å². The maximum atomic E-state index is 11.4. The Morgan fingerprint density at radius 1 is 1.45 bits per heavy atom. The Bertz CT molecular complexity index is 567. The van der Waals surface area contributed by atoms with E-state index in [0.717, 1.165) is 0 Å². The third kappa shape index (κ3) is 6.45. The third-order valence-electron chi connectivity index (χ3n) is 2.02. The molecule has 1 aromatic heterocycles. The van der Waals surface area contributed by atoms with Gasteiger partial charge < -0.3 is 9.29 Å². The van der Waals surface area contributed by atoms with E-state index in [-0.39, 0.29) is 17.3 Å². The van der Waals surface area contributed by atoms with Crippen LogP contribution in [-0.2, 0) is 20.6 Å². The topological polar surface area (TPSA) is 76.5 Å². The van der Waals surface area contributed by atoms with Gasteiger partial charge in [0.05, 0.1) is 11.3 Å². The molecule has 1 heterocycles. The summed E-state index contributed by atoms with van der Waals surface area (Å²) in [5.41, 5.74) is 0.0441. The van der Waals surface area contributed by atoms with Gasteiger partial charge in [-0.2, -0.15) is 0 Å². The first kappa shape index (κ1) is 16.3. The van der Waals surface area contributed by atoms with Gasteiger partial charge in [0.25, 0.3) is 0 Å². The molecule has 1 N–H and O–H groups in total. The predicted molar refractivity (Wildman–Crippen MR) is 75.2 cm³/mol. The molecule has 1 unspecified atom stereocenters. The van der Waals surface area contributed by atoms with Crippen LogP contribution < -0.4 is 0 Å². The first-order valence-corrected chi connectivity index (χ1v) is 7.15. The second kappa shape index (κ2) is 7.17. The quantitative estimate of drug-likeness (QED) is 0.525. The molecule has 0 saturated carbocycles. The second-order valence-electron chi connectivity index (χ2n) is 5.05. The molecule has 0 fully saturated rings. The molecule has 0 aliphatic heterocycles. The van der Waals surface area contributed by atoms with Crippen LogP contribution in [0.3, 0.4) is 0 Å². The number of hydrogen-bond acceptors (Lipinski definition) is 4. The number of carbonyl (C=O) groups is 1. The van der Waals surface area contributed by atoms with Crippen molar-refractivity contribution < 1.29 is 18.3 Å². The Balaban J connectivity index is 2.53. The lowest BCUT2D eigenvalue weighted by Gasteiger charge is -2.18. The number of ether oxygens (including phenoxy) is 1. The number of pyridine rings is 1. The molecule has 0 saturated heterocycles. The second-order valence-corrected chi connectivity index (χ2v) is 6.02. The molecule has 0 bridgehead atoms. The van der Waals surface area contributed by atoms with Gasteiger partial charge in [-0.25, -0.2) is 4.21 Å². The van der Waals surface area contributed by atoms with Gasteiger partial charge in [-0.1, -0.05) is 11.8 Å². The maximum absolute atomic E-state index is 11.4. The number of nitrogens with zero attached hydrogens (tertiary/aromatic N) is 1. The fourth-order valence-electron chi connectivity index (χ4n) is 1.30. The summed E-state index contributed by atoms with van der Waals surface area (Å²) < 4.78 is 24.9. The normalized spacial score (nSPS) is 12.2. The summed E-state index contributed by atoms with van der Waals surface area (Å²) in [6, 6.07) is 1.49. The Kier molecular flexibility index (Phi) is 5.86. The molecule has 0 aromatic carbocycles. The molecular weight excluding hydrogens is 278 g/mol. The van der Waals surface area contributed by atoms with Gasteiger partial charge in [0, 0.05) is 24.4 Å². The molecule has 108 valence electrons. The fraction of sp³-hybridized carbons (Fsp3) is 0.429. The molecule has 0 aliphatic rings. The molecule has 0 radical (unpaired) electrons. The van der Waals surface area contributed by atoms with Crippen LogP contribution in [0.1, 0.15) is 39.2 Å². The summed E-state index contributed by atoms with van der Waals surface area (Å²) in [5.74, 6) is 5.31. The van der Waals surface area contributed by atoms with Crippen molar-refractivity contribution in [2.75, 3.05) is 0 Å². The minimum Gasteiger partial charge on any atom is -0.460 e. The first-order valence-electron chi connectivity index (χ1n) is 6.04. The molecule has 20 heavy (non-hydrogen) atoms. The van der Waals surface area contributed by atoms with Gasteiger partial charge in [0.15, 0.2) is 11.1 Å². The van der Waals surface area contributed by atoms with Crippen LogP contribution in [-0.4, -0.2) is 25.3 Å². The molecule has 1 atom stereocenters. The molecule has 0 amide bonds. The van der Waals surface area contributed by atoms with Crippen LogP contribution in [0.4, 0.5) is 0 Å². The van der Waals surface area contributed by atoms with E-state index in [1.54, 1.807) is 0 Å². The summed E-state index contributed by atoms with van der Waals surface area (Å²) in [7, 11) is 0. The summed E-state index contributed by atoms with van der Waals surface area (Å²) in [5, 5.41) is 0. The van der Waals surface area contributed by atoms with Crippen LogP contribution in [0.2, 0.25) is 0 Å². The lowest BCUT2D eigenvalue weighted by atomic mass is 10.2. The third-order valence-corrected chi connectivity index (χ3v) is 2.65. The molecule has 5 nitrogen and oxygen atoms in total. The molecule has 6 heteroatoms. The predicted octanol–water partition coefficient (Wildman–Crippen LogP) is 2.14. The van der Waals surface area contributed by atoms with Crippen LogP contribution in [0.25, 0.3) is 0 Å². The summed E-state index contributed by atoms with van der Waals surface area (Å²) in [4.78, 5) is 15.5. The van der Waals surface area contributed by atoms with Gasteiger partial charge in [-0.05, 0) is 26.8 Å². The monoisotopic (exact) mass is 295 g/mol. The highest BCUT2D eigenvalue weighted by atomic mass is 32.2. The molecule has 1 rings (SSSR count). The van der Waals surface area contributed by atoms with E-state index in [1.807, 2.05) is 20.8 Å². The molecule has 0 spiro atoms. The zero-order valence-corrected chi connectivity index (χ0v) is 12.5. The van der Waals surface area contributed by atoms with Crippen molar-refractivity contribution in [3.05, 3.63) is 24.0 Å². The van der Waals surface area contributed by atoms with Crippen molar-refractivity contribution in [1.82, 2.24) is 4.98 Å². The summed E-state index contributed by atoms with van der Waals surface area (Å²) in [6.07, 6.45) is 3.38. The van der Waals surface area contributed by atoms with Gasteiger partial charge in [0.2, 0.25) is 0 Å². The standard InChI is InChI=1S/C14H17NO4S/c1-14(2,3)19-13(16)7-5-4-6-11-8-12(20(17)18)10-15-9-11/h8-10H,5,7H2,1-3H3,(H,17,18). The number of esters is 1. The average molecular weight is 295 g/mol. The zero-order valence-electron chi connectivity index (χ0n) is 11.7. The van der Waals surface area contributed by atoms with Gasteiger partial charge in [-0.15, -0.1) is 0 Å². The number of hydrogen-bond donors (Lipinski definition) is 1. The largest absolute Gasteiger partial charge is 0.460 e. The average Bonchev–Trinajstić information content (AvgIpc) is 2.33. The SMILES string of the molecule is CC(C)(C)OC(=O)CCC#Cc1cncc(S(=O)O)c1. The Hall–Kier alpha value is -1.71. The van der Waals surface area contributed by atoms with Crippen LogP contribution in [0.15, 0.2) is 23.4 Å². The van der Waals surface area contributed by atoms with E-state index in [4.69, 9.17) is 9.29 Å². The number of aromatic nitrogens is 1. The lowest BCUT2D eigenvalue weighted by molar-refractivity contribution is -0.154. The number of carbonyl (C=O) groups excluding carboxylic acids is 1. The number of rotatable bonds is 3. The van der Waals surface area contributed by atoms with Crippen molar-refractivity contribution in [2.24, 2.45) is 0 Å². The molecule has 1 aromatic rings. The van der Waals surface area contributed by atoms with Crippen LogP contribution >= 0.6 is 0 Å². The first-order chi connectivity index (χ1) is 9.28. The minimum absolute atomic E-state index is 0.198. The maximum Gasteiger partial charge on any atom is 0.307 e. The lowest BCUT2D eigenvalue weighted by Crippen LogP contribution is -2.23. The minimum atomic E-state index is -2.07. The van der Waals surface area contributed by atoms with E-state index >= 15 is 0 Å². The molecular formula is C14H17NO4S. The van der Waals surface area contributed by atoms with Crippen LogP contribution in [0.5, 0.6) is 0 Å². The van der Waals surface area contributed by atoms with E-state index in [1.165, 1.54) is 18.5 Å². The van der Waals surface area contributed by atoms with E-state index < -0.39 is 16.7 Å². The van der Waals surface area contributed by atoms with Crippen molar-refractivity contribution >= 4 is 17.0 Å².